The van der Waals surface area contributed by atoms with Crippen LogP contribution in [-0.4, -0.2) is 6.16 Å². The normalized spacial score (nSPS) is 19.3. The number of hydrogen-bond acceptors (Lipinski definition) is 0. The molecule has 0 fully saturated rings. The molecule has 0 aliphatic carbocycles. The first kappa shape index (κ1) is 17.7. The van der Waals surface area contributed by atoms with Crippen LogP contribution in [0.15, 0.2) is 96.8 Å². The molecule has 0 amide bonds. The Bertz CT molecular complexity index is 858. The van der Waals surface area contributed by atoms with Crippen molar-refractivity contribution in [2.24, 2.45) is 0 Å². The SMILES string of the molecule is BrCc1ccc(P2(c3ccccc3)(c3ccccc3)C=CCCC2)cc1. The van der Waals surface area contributed by atoms with Gasteiger partial charge in [-0.15, -0.1) is 0 Å². The molecule has 1 heterocycles. The molecular weight excluding hydrogens is 399 g/mol. The second-order valence-corrected chi connectivity index (χ2v) is 12.7. The fourth-order valence-electron chi connectivity index (χ4n) is 4.47. The van der Waals surface area contributed by atoms with Crippen molar-refractivity contribution in [3.05, 3.63) is 102 Å². The van der Waals surface area contributed by atoms with Gasteiger partial charge in [0, 0.05) is 0 Å². The topological polar surface area (TPSA) is 0 Å². The van der Waals surface area contributed by atoms with E-state index >= 15 is 0 Å². The van der Waals surface area contributed by atoms with E-state index in [-0.39, 0.29) is 0 Å². The van der Waals surface area contributed by atoms with Crippen LogP contribution in [0.2, 0.25) is 0 Å². The van der Waals surface area contributed by atoms with Crippen LogP contribution >= 0.6 is 22.5 Å². The van der Waals surface area contributed by atoms with E-state index in [1.165, 1.54) is 40.5 Å². The zero-order chi connectivity index (χ0) is 17.9. The van der Waals surface area contributed by atoms with Gasteiger partial charge in [0.2, 0.25) is 0 Å². The minimum absolute atomic E-state index is 0.899. The quantitative estimate of drug-likeness (QED) is 0.372. The van der Waals surface area contributed by atoms with Gasteiger partial charge in [0.05, 0.1) is 0 Å². The molecule has 3 aromatic carbocycles. The summed E-state index contributed by atoms with van der Waals surface area (Å²) in [6.45, 7) is -2.60. The van der Waals surface area contributed by atoms with Crippen molar-refractivity contribution in [2.75, 3.05) is 6.16 Å². The van der Waals surface area contributed by atoms with Crippen molar-refractivity contribution in [1.29, 1.82) is 0 Å². The molecule has 4 rings (SSSR count). The first-order valence-corrected chi connectivity index (χ1v) is 12.9. The number of alkyl halides is 1. The van der Waals surface area contributed by atoms with Gasteiger partial charge in [-0.2, -0.15) is 0 Å². The van der Waals surface area contributed by atoms with Gasteiger partial charge in [0.25, 0.3) is 0 Å². The Morgan fingerprint density at radius 3 is 1.69 bits per heavy atom. The molecule has 0 N–H and O–H groups in total. The molecule has 0 radical (unpaired) electrons. The average Bonchev–Trinajstić information content (AvgIpc) is 2.75. The third kappa shape index (κ3) is 2.61. The Kier molecular flexibility index (Phi) is 4.86. The molecule has 132 valence electrons. The zero-order valence-electron chi connectivity index (χ0n) is 14.9. The monoisotopic (exact) mass is 422 g/mol. The molecule has 0 saturated carbocycles. The summed E-state index contributed by atoms with van der Waals surface area (Å²) in [4.78, 5) is 0. The van der Waals surface area contributed by atoms with E-state index in [4.69, 9.17) is 0 Å². The average molecular weight is 423 g/mol. The third-order valence-electron chi connectivity index (χ3n) is 5.80. The molecule has 0 spiro atoms. The number of rotatable bonds is 4. The fourth-order valence-corrected chi connectivity index (χ4v) is 11.2. The van der Waals surface area contributed by atoms with E-state index in [1.807, 2.05) is 0 Å². The first-order valence-electron chi connectivity index (χ1n) is 9.25. The maximum absolute atomic E-state index is 3.59. The summed E-state index contributed by atoms with van der Waals surface area (Å²) in [5, 5.41) is 5.34. The molecule has 0 unspecified atom stereocenters. The summed E-state index contributed by atoms with van der Waals surface area (Å²) in [6, 6.07) is 31.8. The summed E-state index contributed by atoms with van der Waals surface area (Å²) in [7, 11) is 0. The van der Waals surface area contributed by atoms with Gasteiger partial charge < -0.3 is 0 Å². The molecule has 1 aliphatic heterocycles. The Balaban J connectivity index is 2.11. The minimum atomic E-state index is -2.60. The standard InChI is InChI=1S/C24H24BrP/c25-20-21-14-16-24(17-15-21)26(18-8-3-9-19-26,22-10-4-1-5-11-22)23-12-6-2-7-13-23/h1-2,4-8,10-18H,3,9,19-20H2. The molecule has 26 heavy (non-hydrogen) atoms. The van der Waals surface area contributed by atoms with E-state index in [2.05, 4.69) is 113 Å². The van der Waals surface area contributed by atoms with Crippen molar-refractivity contribution in [2.45, 2.75) is 18.2 Å². The predicted molar refractivity (Wildman–Crippen MR) is 121 cm³/mol. The Hall–Kier alpha value is -1.69. The second-order valence-electron chi connectivity index (χ2n) is 7.10. The van der Waals surface area contributed by atoms with Gasteiger partial charge in [0.1, 0.15) is 0 Å². The first-order chi connectivity index (χ1) is 12.8. The van der Waals surface area contributed by atoms with Gasteiger partial charge in [0.15, 0.2) is 0 Å². The van der Waals surface area contributed by atoms with Crippen LogP contribution in [0.1, 0.15) is 18.4 Å². The van der Waals surface area contributed by atoms with Gasteiger partial charge in [-0.05, 0) is 0 Å². The van der Waals surface area contributed by atoms with Crippen LogP contribution in [0.25, 0.3) is 0 Å². The molecule has 0 bridgehead atoms. The maximum atomic E-state index is 3.59. The summed E-state index contributed by atoms with van der Waals surface area (Å²) in [5.74, 6) is 2.60. The van der Waals surface area contributed by atoms with Crippen LogP contribution in [0.3, 0.4) is 0 Å². The van der Waals surface area contributed by atoms with Crippen LogP contribution in [0.4, 0.5) is 0 Å². The second kappa shape index (κ2) is 7.14. The molecule has 2 heteroatoms. The van der Waals surface area contributed by atoms with E-state index in [0.29, 0.717) is 0 Å². The van der Waals surface area contributed by atoms with Crippen molar-refractivity contribution in [3.63, 3.8) is 0 Å². The van der Waals surface area contributed by atoms with Crippen LogP contribution < -0.4 is 15.9 Å². The Morgan fingerprint density at radius 1 is 0.692 bits per heavy atom. The third-order valence-corrected chi connectivity index (χ3v) is 13.0. The molecule has 3 aromatic rings. The van der Waals surface area contributed by atoms with E-state index in [0.717, 1.165) is 5.33 Å². The van der Waals surface area contributed by atoms with Crippen molar-refractivity contribution in [1.82, 2.24) is 0 Å². The zero-order valence-corrected chi connectivity index (χ0v) is 17.4. The summed E-state index contributed by atoms with van der Waals surface area (Å²) < 4.78 is 0. The van der Waals surface area contributed by atoms with Crippen molar-refractivity contribution < 1.29 is 0 Å². The molecular formula is C24H24BrP. The van der Waals surface area contributed by atoms with Crippen molar-refractivity contribution in [3.8, 4) is 0 Å². The van der Waals surface area contributed by atoms with E-state index in [1.54, 1.807) is 0 Å². The number of benzene rings is 3. The summed E-state index contributed by atoms with van der Waals surface area (Å²) in [6.07, 6.45) is 6.05. The fraction of sp³-hybridized carbons (Fsp3) is 0.167. The summed E-state index contributed by atoms with van der Waals surface area (Å²) >= 11 is 3.59. The number of hydrogen-bond donors (Lipinski definition) is 0. The molecule has 0 atom stereocenters. The van der Waals surface area contributed by atoms with Crippen LogP contribution in [0.5, 0.6) is 0 Å². The molecule has 0 saturated heterocycles. The number of halogens is 1. The van der Waals surface area contributed by atoms with Gasteiger partial charge in [-0.25, -0.2) is 0 Å². The van der Waals surface area contributed by atoms with Gasteiger partial charge in [-0.3, -0.25) is 0 Å². The number of allylic oxidation sites excluding steroid dienone is 1. The van der Waals surface area contributed by atoms with Crippen LogP contribution in [0, 0.1) is 0 Å². The predicted octanol–water partition coefficient (Wildman–Crippen LogP) is 5.72. The summed E-state index contributed by atoms with van der Waals surface area (Å²) in [5.41, 5.74) is 1.33. The van der Waals surface area contributed by atoms with Gasteiger partial charge >= 0.3 is 165 Å². The Labute approximate surface area is 165 Å². The van der Waals surface area contributed by atoms with E-state index in [9.17, 15) is 0 Å². The van der Waals surface area contributed by atoms with Crippen LogP contribution in [-0.2, 0) is 5.33 Å². The van der Waals surface area contributed by atoms with Crippen molar-refractivity contribution >= 4 is 38.4 Å². The van der Waals surface area contributed by atoms with E-state index < -0.39 is 6.60 Å². The van der Waals surface area contributed by atoms with Gasteiger partial charge in [-0.1, -0.05) is 0 Å². The molecule has 0 nitrogen and oxygen atoms in total. The molecule has 1 aliphatic rings. The Morgan fingerprint density at radius 2 is 1.23 bits per heavy atom. The molecule has 0 aromatic heterocycles.